The Morgan fingerprint density at radius 1 is 0.893 bits per heavy atom. The fourth-order valence-electron chi connectivity index (χ4n) is 3.09. The lowest BCUT2D eigenvalue weighted by atomic mass is 10.0. The third-order valence-corrected chi connectivity index (χ3v) is 14.6. The molecular formula is C21H29N3OSSi2. The second kappa shape index (κ2) is 9.57. The predicted molar refractivity (Wildman–Crippen MR) is 125 cm³/mol. The number of ether oxygens (including phenoxy) is 1. The molecule has 2 rings (SSSR count). The number of nitriles is 1. The van der Waals surface area contributed by atoms with Crippen LogP contribution in [-0.2, 0) is 4.74 Å². The number of benzene rings is 2. The second-order valence-corrected chi connectivity index (χ2v) is 19.9. The van der Waals surface area contributed by atoms with Crippen molar-refractivity contribution in [1.29, 1.82) is 5.26 Å². The van der Waals surface area contributed by atoms with Crippen LogP contribution < -0.4 is 0 Å². The second-order valence-electron chi connectivity index (χ2n) is 8.55. The third-order valence-electron chi connectivity index (χ3n) is 3.95. The molecule has 4 nitrogen and oxygen atoms in total. The molecule has 0 fully saturated rings. The van der Waals surface area contributed by atoms with Crippen LogP contribution in [-0.4, -0.2) is 26.0 Å². The number of rotatable bonds is 7. The number of hydrogen-bond donors (Lipinski definition) is 0. The summed E-state index contributed by atoms with van der Waals surface area (Å²) in [5.41, 5.74) is 1.99. The largest absolute Gasteiger partial charge is 0.456 e. The molecule has 28 heavy (non-hydrogen) atoms. The Morgan fingerprint density at radius 3 is 1.68 bits per heavy atom. The van der Waals surface area contributed by atoms with Gasteiger partial charge in [0.2, 0.25) is 0 Å². The summed E-state index contributed by atoms with van der Waals surface area (Å²) in [4.78, 5) is 0. The first-order chi connectivity index (χ1) is 13.1. The zero-order chi connectivity index (χ0) is 20.8. The van der Waals surface area contributed by atoms with Gasteiger partial charge in [-0.2, -0.15) is 9.66 Å². The van der Waals surface area contributed by atoms with Crippen LogP contribution in [0.2, 0.25) is 39.3 Å². The minimum atomic E-state index is -1.58. The van der Waals surface area contributed by atoms with E-state index in [1.807, 2.05) is 60.7 Å². The lowest BCUT2D eigenvalue weighted by molar-refractivity contribution is 0.237. The zero-order valence-corrected chi connectivity index (χ0v) is 20.3. The molecule has 0 aliphatic rings. The maximum atomic E-state index is 9.67. The summed E-state index contributed by atoms with van der Waals surface area (Å²) in [5.74, 6) is 0.101. The van der Waals surface area contributed by atoms with Crippen LogP contribution in [0.25, 0.3) is 0 Å². The van der Waals surface area contributed by atoms with Crippen LogP contribution in [0.5, 0.6) is 0 Å². The minimum absolute atomic E-state index is 0.101. The SMILES string of the molecule is C[Si](C)(C)N(SN=C(C#N)OC(c1ccccc1)c1ccccc1)[Si](C)(C)C. The lowest BCUT2D eigenvalue weighted by Crippen LogP contribution is -2.54. The van der Waals surface area contributed by atoms with Gasteiger partial charge in [-0.3, -0.25) is 3.64 Å². The highest BCUT2D eigenvalue weighted by molar-refractivity contribution is 7.98. The van der Waals surface area contributed by atoms with Gasteiger partial charge in [0.05, 0.1) is 12.1 Å². The van der Waals surface area contributed by atoms with Gasteiger partial charge in [-0.25, -0.2) is 0 Å². The van der Waals surface area contributed by atoms with E-state index in [9.17, 15) is 5.26 Å². The van der Waals surface area contributed by atoms with E-state index in [0.717, 1.165) is 11.1 Å². The predicted octanol–water partition coefficient (Wildman–Crippen LogP) is 6.25. The molecule has 0 radical (unpaired) electrons. The average Bonchev–Trinajstić information content (AvgIpc) is 2.64. The number of hydrogen-bond acceptors (Lipinski definition) is 5. The van der Waals surface area contributed by atoms with Gasteiger partial charge in [-0.05, 0) is 11.1 Å². The molecule has 0 aliphatic heterocycles. The molecule has 2 aromatic rings. The van der Waals surface area contributed by atoms with Gasteiger partial charge in [0.25, 0.3) is 0 Å². The molecule has 0 spiro atoms. The highest BCUT2D eigenvalue weighted by Crippen LogP contribution is 2.31. The first-order valence-corrected chi connectivity index (χ1v) is 17.0. The van der Waals surface area contributed by atoms with E-state index >= 15 is 0 Å². The van der Waals surface area contributed by atoms with E-state index in [0.29, 0.717) is 0 Å². The highest BCUT2D eigenvalue weighted by atomic mass is 32.2. The average molecular weight is 428 g/mol. The van der Waals surface area contributed by atoms with Crippen LogP contribution in [0, 0.1) is 11.3 Å². The van der Waals surface area contributed by atoms with Crippen molar-refractivity contribution < 1.29 is 4.74 Å². The molecule has 0 bridgehead atoms. The normalized spacial score (nSPS) is 12.9. The fraction of sp³-hybridized carbons (Fsp3) is 0.333. The Morgan fingerprint density at radius 2 is 1.32 bits per heavy atom. The summed E-state index contributed by atoms with van der Waals surface area (Å²) < 4.78 is 13.1. The summed E-state index contributed by atoms with van der Waals surface area (Å²) >= 11 is 1.40. The first-order valence-electron chi connectivity index (χ1n) is 9.35. The van der Waals surface area contributed by atoms with Gasteiger partial charge in [-0.1, -0.05) is 99.9 Å². The summed E-state index contributed by atoms with van der Waals surface area (Å²) in [7, 11) is -3.17. The third kappa shape index (κ3) is 6.35. The van der Waals surface area contributed by atoms with E-state index in [1.54, 1.807) is 0 Å². The molecule has 0 aromatic heterocycles. The molecule has 0 N–H and O–H groups in total. The summed E-state index contributed by atoms with van der Waals surface area (Å²) in [5, 5.41) is 9.67. The fourth-order valence-corrected chi connectivity index (χ4v) is 13.6. The Bertz CT molecular complexity index is 771. The van der Waals surface area contributed by atoms with Crippen LogP contribution in [0.15, 0.2) is 65.1 Å². The quantitative estimate of drug-likeness (QED) is 0.227. The molecule has 0 saturated carbocycles. The Labute approximate surface area is 175 Å². The van der Waals surface area contributed by atoms with E-state index in [-0.39, 0.29) is 12.0 Å². The monoisotopic (exact) mass is 427 g/mol. The highest BCUT2D eigenvalue weighted by Gasteiger charge is 2.35. The summed E-state index contributed by atoms with van der Waals surface area (Å²) in [6.45, 7) is 13.8. The molecule has 0 unspecified atom stereocenters. The van der Waals surface area contributed by atoms with Crippen molar-refractivity contribution in [3.05, 3.63) is 71.8 Å². The maximum Gasteiger partial charge on any atom is 0.304 e. The number of nitrogens with zero attached hydrogens (tertiary/aromatic N) is 3. The molecule has 0 amide bonds. The topological polar surface area (TPSA) is 48.6 Å². The first kappa shape index (κ1) is 22.4. The molecule has 2 aromatic carbocycles. The Hall–Kier alpha value is -1.86. The molecule has 0 heterocycles. The smallest absolute Gasteiger partial charge is 0.304 e. The summed E-state index contributed by atoms with van der Waals surface area (Å²) in [6.07, 6.45) is -0.367. The molecule has 0 aliphatic carbocycles. The van der Waals surface area contributed by atoms with Crippen LogP contribution in [0.3, 0.4) is 0 Å². The van der Waals surface area contributed by atoms with Crippen molar-refractivity contribution in [2.45, 2.75) is 45.4 Å². The Kier molecular flexibility index (Phi) is 7.66. The van der Waals surface area contributed by atoms with E-state index in [4.69, 9.17) is 4.74 Å². The van der Waals surface area contributed by atoms with Crippen molar-refractivity contribution in [2.24, 2.45) is 4.40 Å². The molecule has 148 valence electrons. The van der Waals surface area contributed by atoms with Crippen LogP contribution in [0.1, 0.15) is 17.2 Å². The lowest BCUT2D eigenvalue weighted by Gasteiger charge is -2.40. The van der Waals surface area contributed by atoms with Crippen molar-refractivity contribution in [3.63, 3.8) is 0 Å². The van der Waals surface area contributed by atoms with Gasteiger partial charge < -0.3 is 4.74 Å². The van der Waals surface area contributed by atoms with Crippen LogP contribution >= 0.6 is 12.1 Å². The standard InChI is InChI=1S/C21H29N3OSSi2/c1-27(2,3)24(28(4,5)6)26-23-20(17-22)25-21(18-13-9-7-10-14-18)19-15-11-8-12-16-19/h7-16,21H,1-6H3. The van der Waals surface area contributed by atoms with Gasteiger partial charge in [0, 0.05) is 0 Å². The minimum Gasteiger partial charge on any atom is -0.456 e. The van der Waals surface area contributed by atoms with Crippen molar-refractivity contribution >= 4 is 34.5 Å². The molecule has 7 heteroatoms. The maximum absolute atomic E-state index is 9.67. The van der Waals surface area contributed by atoms with Gasteiger partial charge in [0.15, 0.2) is 12.2 Å². The molecule has 0 saturated heterocycles. The van der Waals surface area contributed by atoms with E-state index in [2.05, 4.69) is 53.4 Å². The molecular weight excluding hydrogens is 398 g/mol. The van der Waals surface area contributed by atoms with Crippen LogP contribution in [0.4, 0.5) is 0 Å². The van der Waals surface area contributed by atoms with Crippen molar-refractivity contribution in [1.82, 2.24) is 3.64 Å². The zero-order valence-electron chi connectivity index (χ0n) is 17.5. The van der Waals surface area contributed by atoms with E-state index in [1.165, 1.54) is 12.1 Å². The van der Waals surface area contributed by atoms with Gasteiger partial charge in [0.1, 0.15) is 16.5 Å². The van der Waals surface area contributed by atoms with Gasteiger partial charge in [-0.15, -0.1) is 0 Å². The molecule has 0 atom stereocenters. The summed E-state index contributed by atoms with van der Waals surface area (Å²) in [6, 6.07) is 22.0. The van der Waals surface area contributed by atoms with E-state index < -0.39 is 16.5 Å². The van der Waals surface area contributed by atoms with Gasteiger partial charge >= 0.3 is 5.90 Å². The van der Waals surface area contributed by atoms with Crippen molar-refractivity contribution in [3.8, 4) is 6.07 Å². The Balaban J connectivity index is 2.31. The van der Waals surface area contributed by atoms with Crippen molar-refractivity contribution in [2.75, 3.05) is 0 Å².